The summed E-state index contributed by atoms with van der Waals surface area (Å²) in [4.78, 5) is 39.6. The van der Waals surface area contributed by atoms with E-state index in [1.165, 1.54) is 6.92 Å². The molecule has 2 N–H and O–H groups in total. The molecule has 19 heavy (non-hydrogen) atoms. The number of carboxylic acids is 1. The summed E-state index contributed by atoms with van der Waals surface area (Å²) in [6, 6.07) is 0. The lowest BCUT2D eigenvalue weighted by Gasteiger charge is -2.09. The molecule has 0 aromatic carbocycles. The van der Waals surface area contributed by atoms with Gasteiger partial charge in [-0.2, -0.15) is 4.98 Å². The maximum absolute atomic E-state index is 11.4. The van der Waals surface area contributed by atoms with Gasteiger partial charge in [-0.3, -0.25) is 4.79 Å². The van der Waals surface area contributed by atoms with E-state index in [9.17, 15) is 14.4 Å². The van der Waals surface area contributed by atoms with Crippen LogP contribution in [-0.4, -0.2) is 38.9 Å². The van der Waals surface area contributed by atoms with E-state index in [-0.39, 0.29) is 28.1 Å². The van der Waals surface area contributed by atoms with Gasteiger partial charge in [-0.05, 0) is 20.8 Å². The lowest BCUT2D eigenvalue weighted by molar-refractivity contribution is -0.144. The molecule has 0 amide bonds. The quantitative estimate of drug-likeness (QED) is 0.468. The van der Waals surface area contributed by atoms with Gasteiger partial charge in [-0.15, -0.1) is 0 Å². The Hall–Kier alpha value is -1.83. The number of H-pyrrole nitrogens is 1. The molecule has 7 nitrogen and oxygen atoms in total. The van der Waals surface area contributed by atoms with Crippen LogP contribution < -0.4 is 5.69 Å². The molecule has 0 spiro atoms. The first kappa shape index (κ1) is 15.2. The van der Waals surface area contributed by atoms with Crippen molar-refractivity contribution in [3.63, 3.8) is 0 Å². The number of nitrogens with one attached hydrogen (secondary N) is 1. The number of thioether (sulfide) groups is 1. The summed E-state index contributed by atoms with van der Waals surface area (Å²) in [5.74, 6) is -1.80. The molecule has 0 bridgehead atoms. The summed E-state index contributed by atoms with van der Waals surface area (Å²) in [6.45, 7) is 4.88. The number of rotatable bonds is 5. The molecule has 8 heteroatoms. The van der Waals surface area contributed by atoms with Crippen LogP contribution in [0.1, 0.15) is 29.9 Å². The number of carboxylic acid groups (broad SMARTS) is 1. The van der Waals surface area contributed by atoms with E-state index in [0.29, 0.717) is 0 Å². The van der Waals surface area contributed by atoms with Gasteiger partial charge in [0.05, 0.1) is 11.9 Å². The maximum Gasteiger partial charge on any atom is 0.346 e. The summed E-state index contributed by atoms with van der Waals surface area (Å²) in [6.07, 6.45) is -0.249. The van der Waals surface area contributed by atoms with Crippen molar-refractivity contribution in [3.8, 4) is 0 Å². The van der Waals surface area contributed by atoms with E-state index in [4.69, 9.17) is 9.84 Å². The molecule has 1 rings (SSSR count). The Balaban J connectivity index is 2.92. The van der Waals surface area contributed by atoms with Crippen molar-refractivity contribution in [2.45, 2.75) is 31.9 Å². The largest absolute Gasteiger partial charge is 0.478 e. The Kier molecular flexibility index (Phi) is 5.11. The standard InChI is InChI=1S/C11H14N2O5S/c1-5(2)18-7(14)4-19-9-8(10(15)16)6(3)12-11(17)13-9/h5H,4H2,1-3H3,(H,15,16)(H,12,13,17). The van der Waals surface area contributed by atoms with Gasteiger partial charge < -0.3 is 14.8 Å². The van der Waals surface area contributed by atoms with Crippen LogP contribution in [0, 0.1) is 6.92 Å². The SMILES string of the molecule is Cc1[nH]c(=O)nc(SCC(=O)OC(C)C)c1C(=O)O. The second-order valence-electron chi connectivity index (χ2n) is 3.98. The lowest BCUT2D eigenvalue weighted by atomic mass is 10.2. The Morgan fingerprint density at radius 3 is 2.63 bits per heavy atom. The number of hydrogen-bond acceptors (Lipinski definition) is 6. The first-order valence-corrected chi connectivity index (χ1v) is 6.46. The molecule has 0 aliphatic carbocycles. The van der Waals surface area contributed by atoms with Crippen LogP contribution in [0.5, 0.6) is 0 Å². The minimum Gasteiger partial charge on any atom is -0.478 e. The monoisotopic (exact) mass is 286 g/mol. The Bertz CT molecular complexity index is 553. The van der Waals surface area contributed by atoms with E-state index < -0.39 is 17.6 Å². The first-order valence-electron chi connectivity index (χ1n) is 5.47. The van der Waals surface area contributed by atoms with Crippen LogP contribution in [0.2, 0.25) is 0 Å². The smallest absolute Gasteiger partial charge is 0.346 e. The predicted octanol–water partition coefficient (Wildman–Crippen LogP) is 0.820. The van der Waals surface area contributed by atoms with Gasteiger partial charge in [0.2, 0.25) is 0 Å². The number of ether oxygens (including phenoxy) is 1. The van der Waals surface area contributed by atoms with Crippen molar-refractivity contribution in [1.82, 2.24) is 9.97 Å². The molecule has 0 aliphatic rings. The number of carbonyl (C=O) groups is 2. The van der Waals surface area contributed by atoms with Crippen LogP contribution in [-0.2, 0) is 9.53 Å². The zero-order valence-corrected chi connectivity index (χ0v) is 11.5. The van der Waals surface area contributed by atoms with Crippen molar-refractivity contribution >= 4 is 23.7 Å². The fourth-order valence-electron chi connectivity index (χ4n) is 1.34. The van der Waals surface area contributed by atoms with Gasteiger partial charge in [0.25, 0.3) is 0 Å². The highest BCUT2D eigenvalue weighted by Gasteiger charge is 2.18. The third-order valence-electron chi connectivity index (χ3n) is 1.99. The number of carbonyl (C=O) groups excluding carboxylic acids is 1. The van der Waals surface area contributed by atoms with Gasteiger partial charge in [0.1, 0.15) is 10.6 Å². The van der Waals surface area contributed by atoms with E-state index in [2.05, 4.69) is 9.97 Å². The molecule has 104 valence electrons. The van der Waals surface area contributed by atoms with Gasteiger partial charge in [0.15, 0.2) is 0 Å². The van der Waals surface area contributed by atoms with Crippen molar-refractivity contribution in [1.29, 1.82) is 0 Å². The highest BCUT2D eigenvalue weighted by Crippen LogP contribution is 2.21. The number of esters is 1. The summed E-state index contributed by atoms with van der Waals surface area (Å²) < 4.78 is 4.91. The Morgan fingerprint density at radius 1 is 1.47 bits per heavy atom. The van der Waals surface area contributed by atoms with Crippen molar-refractivity contribution < 1.29 is 19.4 Å². The third kappa shape index (κ3) is 4.40. The zero-order valence-electron chi connectivity index (χ0n) is 10.7. The minimum atomic E-state index is -1.21. The van der Waals surface area contributed by atoms with E-state index in [1.54, 1.807) is 13.8 Å². The molecule has 1 aromatic rings. The van der Waals surface area contributed by atoms with Crippen molar-refractivity contribution in [2.24, 2.45) is 0 Å². The average Bonchev–Trinajstić information content (AvgIpc) is 2.23. The second kappa shape index (κ2) is 6.37. The second-order valence-corrected chi connectivity index (χ2v) is 4.94. The zero-order chi connectivity index (χ0) is 14.6. The molecule has 1 heterocycles. The molecule has 0 saturated carbocycles. The van der Waals surface area contributed by atoms with Gasteiger partial charge >= 0.3 is 17.6 Å². The van der Waals surface area contributed by atoms with Crippen LogP contribution >= 0.6 is 11.8 Å². The molecular weight excluding hydrogens is 272 g/mol. The normalized spacial score (nSPS) is 10.5. The molecule has 0 unspecified atom stereocenters. The number of nitrogens with zero attached hydrogens (tertiary/aromatic N) is 1. The van der Waals surface area contributed by atoms with Crippen LogP contribution in [0.4, 0.5) is 0 Å². The molecular formula is C11H14N2O5S. The van der Waals surface area contributed by atoms with Crippen LogP contribution in [0.25, 0.3) is 0 Å². The molecule has 0 saturated heterocycles. The van der Waals surface area contributed by atoms with Gasteiger partial charge in [-0.25, -0.2) is 9.59 Å². The highest BCUT2D eigenvalue weighted by molar-refractivity contribution is 8.00. The molecule has 0 fully saturated rings. The fraction of sp³-hybridized carbons (Fsp3) is 0.455. The summed E-state index contributed by atoms with van der Waals surface area (Å²) in [5.41, 5.74) is -0.559. The highest BCUT2D eigenvalue weighted by atomic mass is 32.2. The van der Waals surface area contributed by atoms with Crippen LogP contribution in [0.15, 0.2) is 9.82 Å². The van der Waals surface area contributed by atoms with Gasteiger partial charge in [0, 0.05) is 5.69 Å². The summed E-state index contributed by atoms with van der Waals surface area (Å²) in [7, 11) is 0. The number of aromatic nitrogens is 2. The predicted molar refractivity (Wildman–Crippen MR) is 68.5 cm³/mol. The topological polar surface area (TPSA) is 109 Å². The van der Waals surface area contributed by atoms with E-state index >= 15 is 0 Å². The summed E-state index contributed by atoms with van der Waals surface area (Å²) in [5, 5.41) is 9.07. The molecule has 1 aromatic heterocycles. The maximum atomic E-state index is 11.4. The molecule has 0 radical (unpaired) electrons. The van der Waals surface area contributed by atoms with E-state index in [0.717, 1.165) is 11.8 Å². The van der Waals surface area contributed by atoms with Gasteiger partial charge in [-0.1, -0.05) is 11.8 Å². The Morgan fingerprint density at radius 2 is 2.11 bits per heavy atom. The van der Waals surface area contributed by atoms with E-state index in [1.807, 2.05) is 0 Å². The number of aryl methyl sites for hydroxylation is 1. The number of aromatic amines is 1. The fourth-order valence-corrected chi connectivity index (χ4v) is 2.19. The number of hydrogen-bond donors (Lipinski definition) is 2. The molecule has 0 atom stereocenters. The number of aromatic carboxylic acids is 1. The van der Waals surface area contributed by atoms with Crippen LogP contribution in [0.3, 0.4) is 0 Å². The van der Waals surface area contributed by atoms with Crippen molar-refractivity contribution in [2.75, 3.05) is 5.75 Å². The summed E-state index contributed by atoms with van der Waals surface area (Å²) >= 11 is 0.867. The average molecular weight is 286 g/mol. The third-order valence-corrected chi connectivity index (χ3v) is 2.94. The minimum absolute atomic E-state index is 0.00876. The Labute approximate surface area is 113 Å². The lowest BCUT2D eigenvalue weighted by Crippen LogP contribution is -2.19. The molecule has 0 aliphatic heterocycles. The first-order chi connectivity index (χ1) is 8.81. The van der Waals surface area contributed by atoms with Crippen molar-refractivity contribution in [3.05, 3.63) is 21.7 Å².